The molecule has 0 atom stereocenters. The van der Waals surface area contributed by atoms with Gasteiger partial charge in [0, 0.05) is 0 Å². The second-order valence-corrected chi connectivity index (χ2v) is 6.18. The van der Waals surface area contributed by atoms with Crippen LogP contribution in [-0.2, 0) is 42.6 Å². The van der Waals surface area contributed by atoms with Gasteiger partial charge < -0.3 is 14.9 Å². The molecule has 2 aliphatic carbocycles. The minimum atomic E-state index is 0. The summed E-state index contributed by atoms with van der Waals surface area (Å²) in [6.45, 7) is 7.63. The molecule has 2 heteroatoms. The molecule has 26 heavy (non-hydrogen) atoms. The number of hydrogen-bond donors (Lipinski definition) is 0. The Bertz CT molecular complexity index is 830. The number of benzene rings is 2. The van der Waals surface area contributed by atoms with Crippen molar-refractivity contribution in [2.24, 2.45) is 0 Å². The first-order valence-corrected chi connectivity index (χ1v) is 12.8. The van der Waals surface area contributed by atoms with E-state index in [9.17, 15) is 0 Å². The van der Waals surface area contributed by atoms with Crippen LogP contribution in [0, 0.1) is 20.9 Å². The quantitative estimate of drug-likeness (QED) is 0.348. The van der Waals surface area contributed by atoms with Gasteiger partial charge in [-0.25, -0.2) is 0 Å². The van der Waals surface area contributed by atoms with Gasteiger partial charge in [0.05, 0.1) is 0 Å². The van der Waals surface area contributed by atoms with Crippen LogP contribution in [0.3, 0.4) is 0 Å². The SMILES string of the molecule is CCc1c(C2=CC=CC2)[c-]c2c(c1CC)-c1ccccc1C2.[CH3-].[CH3-].[Si]=[Zr]. The molecule has 0 aromatic heterocycles. The first kappa shape index (κ1) is 23.1. The summed E-state index contributed by atoms with van der Waals surface area (Å²) in [5, 5.41) is 0. The van der Waals surface area contributed by atoms with Crippen molar-refractivity contribution in [3.05, 3.63) is 91.2 Å². The van der Waals surface area contributed by atoms with Gasteiger partial charge in [-0.15, -0.1) is 40.0 Å². The van der Waals surface area contributed by atoms with E-state index in [1.54, 1.807) is 5.56 Å². The van der Waals surface area contributed by atoms with E-state index in [1.165, 1.54) is 62.3 Å². The zero-order valence-electron chi connectivity index (χ0n) is 16.4. The second kappa shape index (κ2) is 10.4. The molecule has 0 fully saturated rings. The summed E-state index contributed by atoms with van der Waals surface area (Å²) in [6, 6.07) is 12.7. The first-order valence-electron chi connectivity index (χ1n) is 8.62. The third kappa shape index (κ3) is 3.97. The summed E-state index contributed by atoms with van der Waals surface area (Å²) in [4.78, 5) is 0. The summed E-state index contributed by atoms with van der Waals surface area (Å²) in [5.41, 5.74) is 11.6. The van der Waals surface area contributed by atoms with E-state index in [4.69, 9.17) is 0 Å². The van der Waals surface area contributed by atoms with Crippen LogP contribution in [0.15, 0.2) is 42.5 Å². The summed E-state index contributed by atoms with van der Waals surface area (Å²) < 4.78 is 0. The number of fused-ring (bicyclic) bond motifs is 3. The van der Waals surface area contributed by atoms with Crippen LogP contribution in [0.25, 0.3) is 16.7 Å². The van der Waals surface area contributed by atoms with Crippen LogP contribution in [0.5, 0.6) is 0 Å². The van der Waals surface area contributed by atoms with E-state index in [0.29, 0.717) is 0 Å². The molecule has 0 amide bonds. The summed E-state index contributed by atoms with van der Waals surface area (Å²) in [7, 11) is 0. The molecule has 2 radical (unpaired) electrons. The van der Waals surface area contributed by atoms with E-state index < -0.39 is 0 Å². The fourth-order valence-electron chi connectivity index (χ4n) is 4.03. The fourth-order valence-corrected chi connectivity index (χ4v) is 4.03. The Morgan fingerprint density at radius 1 is 1.04 bits per heavy atom. The molecule has 0 saturated carbocycles. The van der Waals surface area contributed by atoms with Gasteiger partial charge in [0.2, 0.25) is 0 Å². The number of hydrogen-bond acceptors (Lipinski definition) is 0. The molecular weight excluding hydrogens is 408 g/mol. The van der Waals surface area contributed by atoms with Gasteiger partial charge in [-0.1, -0.05) is 67.8 Å². The number of allylic oxidation sites excluding steroid dienone is 4. The second-order valence-electron chi connectivity index (χ2n) is 6.18. The van der Waals surface area contributed by atoms with Gasteiger partial charge in [-0.2, -0.15) is 0 Å². The summed E-state index contributed by atoms with van der Waals surface area (Å²) in [6.07, 6.45) is 11.0. The van der Waals surface area contributed by atoms with Gasteiger partial charge in [-0.3, -0.25) is 0 Å². The van der Waals surface area contributed by atoms with E-state index in [2.05, 4.69) is 69.3 Å². The van der Waals surface area contributed by atoms with Gasteiger partial charge in [0.25, 0.3) is 0 Å². The molecule has 0 N–H and O–H groups in total. The predicted molar refractivity (Wildman–Crippen MR) is 113 cm³/mol. The topological polar surface area (TPSA) is 0 Å². The molecule has 2 aliphatic rings. The van der Waals surface area contributed by atoms with Crippen LogP contribution in [-0.4, -0.2) is 6.88 Å². The maximum absolute atomic E-state index is 3.80. The number of rotatable bonds is 3. The molecule has 0 unspecified atom stereocenters. The average Bonchev–Trinajstić information content (AvgIpc) is 3.29. The minimum absolute atomic E-state index is 0. The van der Waals surface area contributed by atoms with E-state index in [1.807, 2.05) is 0 Å². The van der Waals surface area contributed by atoms with E-state index >= 15 is 0 Å². The molecule has 2 aromatic carbocycles. The van der Waals surface area contributed by atoms with Crippen LogP contribution in [0.1, 0.15) is 48.1 Å². The third-order valence-electron chi connectivity index (χ3n) is 5.00. The van der Waals surface area contributed by atoms with E-state index in [-0.39, 0.29) is 14.9 Å². The van der Waals surface area contributed by atoms with Gasteiger partial charge in [0.15, 0.2) is 0 Å². The molecule has 0 bridgehead atoms. The Balaban J connectivity index is 0.000000818. The standard InChI is InChI=1S/C22H21.2CH3.Si.Zr/c1-3-18-19(4-2)22-17(13-16-11-7-8-12-20(16)22)14-21(18)15-9-5-6-10-15;;;;/h5-9,11-12H,3-4,10,13H2,1-2H3;2*1H3;;/q3*-1;;. The van der Waals surface area contributed by atoms with Crippen molar-refractivity contribution in [3.8, 4) is 11.1 Å². The molecule has 134 valence electrons. The Labute approximate surface area is 177 Å². The normalized spacial score (nSPS) is 12.7. The van der Waals surface area contributed by atoms with Crippen LogP contribution < -0.4 is 0 Å². The molecular formula is C24H27SiZr-3. The molecule has 0 aliphatic heterocycles. The van der Waals surface area contributed by atoms with Crippen LogP contribution in [0.2, 0.25) is 0 Å². The summed E-state index contributed by atoms with van der Waals surface area (Å²) >= 11 is 1.36. The molecule has 0 saturated heterocycles. The van der Waals surface area contributed by atoms with Gasteiger partial charge in [0.1, 0.15) is 0 Å². The van der Waals surface area contributed by atoms with Crippen molar-refractivity contribution >= 4 is 12.5 Å². The average molecular weight is 435 g/mol. The zero-order valence-corrected chi connectivity index (χ0v) is 19.8. The molecule has 4 rings (SSSR count). The Hall–Kier alpha value is -0.980. The fraction of sp³-hybridized carbons (Fsp3) is 0.250. The maximum atomic E-state index is 3.80. The Kier molecular flexibility index (Phi) is 9.21. The first-order chi connectivity index (χ1) is 11.8. The van der Waals surface area contributed by atoms with Gasteiger partial charge >= 0.3 is 30.2 Å². The van der Waals surface area contributed by atoms with Crippen molar-refractivity contribution in [3.63, 3.8) is 0 Å². The van der Waals surface area contributed by atoms with E-state index in [0.717, 1.165) is 25.7 Å². The molecule has 0 heterocycles. The van der Waals surface area contributed by atoms with Crippen molar-refractivity contribution in [1.29, 1.82) is 0 Å². The molecule has 0 spiro atoms. The van der Waals surface area contributed by atoms with Crippen molar-refractivity contribution in [2.45, 2.75) is 39.5 Å². The third-order valence-corrected chi connectivity index (χ3v) is 5.00. The van der Waals surface area contributed by atoms with Crippen LogP contribution >= 0.6 is 0 Å². The molecule has 0 nitrogen and oxygen atoms in total. The Morgan fingerprint density at radius 2 is 1.73 bits per heavy atom. The van der Waals surface area contributed by atoms with Crippen molar-refractivity contribution in [2.75, 3.05) is 0 Å². The monoisotopic (exact) mass is 433 g/mol. The van der Waals surface area contributed by atoms with Gasteiger partial charge in [-0.05, 0) is 24.8 Å². The summed E-state index contributed by atoms with van der Waals surface area (Å²) in [5.74, 6) is 0. The van der Waals surface area contributed by atoms with Crippen molar-refractivity contribution in [1.82, 2.24) is 0 Å². The van der Waals surface area contributed by atoms with Crippen LogP contribution in [0.4, 0.5) is 0 Å². The predicted octanol–water partition coefficient (Wildman–Crippen LogP) is 6.04. The molecule has 2 aromatic rings. The Morgan fingerprint density at radius 3 is 2.35 bits per heavy atom. The van der Waals surface area contributed by atoms with Crippen molar-refractivity contribution < 1.29 is 23.3 Å². The zero-order chi connectivity index (χ0) is 17.1.